The number of esters is 1. The van der Waals surface area contributed by atoms with Crippen molar-refractivity contribution in [3.8, 4) is 0 Å². The summed E-state index contributed by atoms with van der Waals surface area (Å²) >= 11 is 0. The second-order valence-corrected chi connectivity index (χ2v) is 11.1. The molecule has 5 nitrogen and oxygen atoms in total. The molecule has 1 saturated heterocycles. The Kier molecular flexibility index (Phi) is 6.76. The molecule has 0 saturated carbocycles. The van der Waals surface area contributed by atoms with Crippen LogP contribution in [0.25, 0.3) is 0 Å². The highest BCUT2D eigenvalue weighted by Gasteiger charge is 2.62. The molecule has 1 radical (unpaired) electrons. The van der Waals surface area contributed by atoms with Gasteiger partial charge < -0.3 is 14.1 Å². The maximum absolute atomic E-state index is 13.4. The average Bonchev–Trinajstić information content (AvgIpc) is 2.61. The lowest BCUT2D eigenvalue weighted by atomic mass is 9.61. The molecule has 2 rings (SSSR count). The Hall–Kier alpha value is -1.66. The van der Waals surface area contributed by atoms with E-state index in [0.717, 1.165) is 5.56 Å². The summed E-state index contributed by atoms with van der Waals surface area (Å²) in [7, 11) is 0.344. The summed E-state index contributed by atoms with van der Waals surface area (Å²) in [4.78, 5) is 27.6. The minimum atomic E-state index is -1.05. The maximum atomic E-state index is 13.4. The molecule has 0 aliphatic carbocycles. The SMILES string of the molecule is COC(=O)C(C)C1C(C(C)(O[Si](C)C)C(C)(C)C)C(=O)N1Cc1ccccc1. The molecule has 1 aliphatic heterocycles. The van der Waals surface area contributed by atoms with E-state index in [1.54, 1.807) is 0 Å². The second-order valence-electron chi connectivity index (χ2n) is 9.10. The molecule has 4 unspecified atom stereocenters. The van der Waals surface area contributed by atoms with Crippen LogP contribution < -0.4 is 0 Å². The Balaban J connectivity index is 2.43. The Morgan fingerprint density at radius 1 is 1.18 bits per heavy atom. The zero-order valence-corrected chi connectivity index (χ0v) is 19.4. The summed E-state index contributed by atoms with van der Waals surface area (Å²) in [6.07, 6.45) is 0. The zero-order valence-electron chi connectivity index (χ0n) is 18.4. The van der Waals surface area contributed by atoms with Crippen molar-refractivity contribution in [3.05, 3.63) is 35.9 Å². The Bertz CT molecular complexity index is 700. The van der Waals surface area contributed by atoms with Crippen molar-refractivity contribution in [2.24, 2.45) is 17.3 Å². The van der Waals surface area contributed by atoms with Crippen molar-refractivity contribution in [3.63, 3.8) is 0 Å². The van der Waals surface area contributed by atoms with Crippen LogP contribution in [0.5, 0.6) is 0 Å². The van der Waals surface area contributed by atoms with E-state index in [2.05, 4.69) is 33.9 Å². The van der Waals surface area contributed by atoms with Crippen molar-refractivity contribution in [1.29, 1.82) is 0 Å². The topological polar surface area (TPSA) is 55.8 Å². The van der Waals surface area contributed by atoms with Crippen LogP contribution in [0, 0.1) is 17.3 Å². The first-order valence-corrected chi connectivity index (χ1v) is 12.3. The van der Waals surface area contributed by atoms with E-state index in [1.165, 1.54) is 7.11 Å². The molecule has 0 N–H and O–H groups in total. The van der Waals surface area contributed by atoms with Gasteiger partial charge in [-0.15, -0.1) is 0 Å². The Morgan fingerprint density at radius 2 is 1.75 bits per heavy atom. The third kappa shape index (κ3) is 4.18. The first kappa shape index (κ1) is 22.6. The van der Waals surface area contributed by atoms with Gasteiger partial charge in [0.1, 0.15) is 0 Å². The highest BCUT2D eigenvalue weighted by molar-refractivity contribution is 6.48. The standard InChI is InChI=1S/C22H34NO4Si/c1-15(20(25)26-6)18-17(22(5,21(2,3)4)27-28(7)8)19(24)23(18)14-16-12-10-9-11-13-16/h9-13,15,17-18H,14H2,1-8H3. The highest BCUT2D eigenvalue weighted by Crippen LogP contribution is 2.50. The molecule has 4 atom stereocenters. The number of likely N-dealkylation sites (tertiary alicyclic amines) is 1. The number of nitrogens with zero attached hydrogens (tertiary/aromatic N) is 1. The monoisotopic (exact) mass is 404 g/mol. The predicted octanol–water partition coefficient (Wildman–Crippen LogP) is 3.90. The van der Waals surface area contributed by atoms with E-state index in [9.17, 15) is 9.59 Å². The quantitative estimate of drug-likeness (QED) is 0.393. The third-order valence-corrected chi connectivity index (χ3v) is 6.86. The molecule has 0 aromatic heterocycles. The van der Waals surface area contributed by atoms with Crippen LogP contribution in [-0.2, 0) is 25.3 Å². The fourth-order valence-electron chi connectivity index (χ4n) is 4.09. The Labute approximate surface area is 171 Å². The van der Waals surface area contributed by atoms with Crippen molar-refractivity contribution in [2.75, 3.05) is 7.11 Å². The van der Waals surface area contributed by atoms with Gasteiger partial charge in [-0.3, -0.25) is 9.59 Å². The first-order valence-electron chi connectivity index (χ1n) is 9.85. The largest absolute Gasteiger partial charge is 0.469 e. The summed E-state index contributed by atoms with van der Waals surface area (Å²) in [5, 5.41) is 0. The van der Waals surface area contributed by atoms with Gasteiger partial charge in [-0.2, -0.15) is 0 Å². The molecule has 6 heteroatoms. The fraction of sp³-hybridized carbons (Fsp3) is 0.636. The molecule has 1 amide bonds. The second kappa shape index (κ2) is 8.37. The molecule has 155 valence electrons. The molecular weight excluding hydrogens is 370 g/mol. The van der Waals surface area contributed by atoms with Gasteiger partial charge in [-0.1, -0.05) is 51.1 Å². The molecule has 28 heavy (non-hydrogen) atoms. The van der Waals surface area contributed by atoms with Gasteiger partial charge >= 0.3 is 5.97 Å². The van der Waals surface area contributed by atoms with E-state index < -0.39 is 20.6 Å². The minimum absolute atomic E-state index is 0.0466. The smallest absolute Gasteiger partial charge is 0.310 e. The van der Waals surface area contributed by atoms with E-state index in [1.807, 2.05) is 49.1 Å². The van der Waals surface area contributed by atoms with Crippen LogP contribution in [0.2, 0.25) is 13.1 Å². The molecule has 1 aromatic rings. The number of methoxy groups -OCH3 is 1. The van der Waals surface area contributed by atoms with Crippen LogP contribution >= 0.6 is 0 Å². The molecule has 1 heterocycles. The number of rotatable bonds is 7. The van der Waals surface area contributed by atoms with Crippen LogP contribution in [0.4, 0.5) is 0 Å². The summed E-state index contributed by atoms with van der Waals surface area (Å²) in [6, 6.07) is 9.61. The van der Waals surface area contributed by atoms with Crippen LogP contribution in [-0.4, -0.2) is 44.6 Å². The lowest BCUT2D eigenvalue weighted by Crippen LogP contribution is -2.73. The van der Waals surface area contributed by atoms with Gasteiger partial charge in [0.25, 0.3) is 0 Å². The molecular formula is C22H34NO4Si. The van der Waals surface area contributed by atoms with Crippen molar-refractivity contribution >= 4 is 20.9 Å². The van der Waals surface area contributed by atoms with Gasteiger partial charge in [-0.05, 0) is 37.9 Å². The summed E-state index contributed by atoms with van der Waals surface area (Å²) < 4.78 is 11.5. The van der Waals surface area contributed by atoms with Crippen LogP contribution in [0.1, 0.15) is 40.2 Å². The average molecular weight is 405 g/mol. The maximum Gasteiger partial charge on any atom is 0.310 e. The summed E-state index contributed by atoms with van der Waals surface area (Å²) in [5.41, 5.74) is 0.120. The van der Waals surface area contributed by atoms with Gasteiger partial charge in [0.2, 0.25) is 14.9 Å². The van der Waals surface area contributed by atoms with E-state index in [4.69, 9.17) is 9.16 Å². The van der Waals surface area contributed by atoms with Crippen molar-refractivity contribution in [1.82, 2.24) is 4.90 Å². The number of hydrogen-bond donors (Lipinski definition) is 0. The number of benzene rings is 1. The lowest BCUT2D eigenvalue weighted by Gasteiger charge is -2.59. The molecule has 1 fully saturated rings. The van der Waals surface area contributed by atoms with Gasteiger partial charge in [0, 0.05) is 6.54 Å². The zero-order chi connectivity index (χ0) is 21.3. The first-order chi connectivity index (χ1) is 12.9. The third-order valence-electron chi connectivity index (χ3n) is 6.03. The van der Waals surface area contributed by atoms with E-state index in [0.29, 0.717) is 6.54 Å². The van der Waals surface area contributed by atoms with E-state index >= 15 is 0 Å². The minimum Gasteiger partial charge on any atom is -0.469 e. The van der Waals surface area contributed by atoms with Crippen LogP contribution in [0.3, 0.4) is 0 Å². The summed E-state index contributed by atoms with van der Waals surface area (Å²) in [6.45, 7) is 14.8. The molecule has 1 aliphatic rings. The lowest BCUT2D eigenvalue weighted by molar-refractivity contribution is -0.195. The van der Waals surface area contributed by atoms with Crippen LogP contribution in [0.15, 0.2) is 30.3 Å². The number of hydrogen-bond acceptors (Lipinski definition) is 4. The number of β-lactam (4-membered cyclic amide) rings is 1. The fourth-order valence-corrected chi connectivity index (χ4v) is 5.37. The van der Waals surface area contributed by atoms with Gasteiger partial charge in [0.15, 0.2) is 0 Å². The molecule has 0 bridgehead atoms. The predicted molar refractivity (Wildman–Crippen MR) is 112 cm³/mol. The van der Waals surface area contributed by atoms with Crippen molar-refractivity contribution < 1.29 is 18.8 Å². The summed E-state index contributed by atoms with van der Waals surface area (Å²) in [5.74, 6) is -1.06. The number of carbonyl (C=O) groups is 2. The highest BCUT2D eigenvalue weighted by atomic mass is 28.3. The number of amides is 1. The Morgan fingerprint density at radius 3 is 2.21 bits per heavy atom. The molecule has 0 spiro atoms. The van der Waals surface area contributed by atoms with Gasteiger partial charge in [-0.25, -0.2) is 0 Å². The number of ether oxygens (including phenoxy) is 1. The molecule has 1 aromatic carbocycles. The number of carbonyl (C=O) groups excluding carboxylic acids is 2. The van der Waals surface area contributed by atoms with Gasteiger partial charge in [0.05, 0.1) is 30.6 Å². The van der Waals surface area contributed by atoms with Crippen molar-refractivity contribution in [2.45, 2.75) is 65.9 Å². The van der Waals surface area contributed by atoms with E-state index in [-0.39, 0.29) is 29.3 Å². The normalized spacial score (nSPS) is 23.2.